The van der Waals surface area contributed by atoms with Gasteiger partial charge in [-0.1, -0.05) is 18.2 Å². The molecule has 0 spiro atoms. The van der Waals surface area contributed by atoms with Gasteiger partial charge >= 0.3 is 6.03 Å². The van der Waals surface area contributed by atoms with Gasteiger partial charge in [0, 0.05) is 10.9 Å². The molecule has 0 saturated carbocycles. The van der Waals surface area contributed by atoms with Crippen LogP contribution in [0.5, 0.6) is 0 Å². The van der Waals surface area contributed by atoms with Crippen molar-refractivity contribution in [2.75, 3.05) is 5.32 Å². The fourth-order valence-corrected chi connectivity index (χ4v) is 2.64. The first-order chi connectivity index (χ1) is 10.5. The van der Waals surface area contributed by atoms with E-state index in [9.17, 15) is 14.0 Å². The first-order valence-corrected chi connectivity index (χ1v) is 7.36. The second-order valence-electron chi connectivity index (χ2n) is 4.63. The lowest BCUT2D eigenvalue weighted by molar-refractivity contribution is -0.116. The SMILES string of the molecule is Cc1csc(NC(=O)CC(NC(N)=O)c2ccccc2F)n1. The van der Waals surface area contributed by atoms with Gasteiger partial charge in [-0.05, 0) is 13.0 Å². The second kappa shape index (κ2) is 6.99. The van der Waals surface area contributed by atoms with E-state index in [4.69, 9.17) is 5.73 Å². The van der Waals surface area contributed by atoms with Crippen molar-refractivity contribution in [2.45, 2.75) is 19.4 Å². The molecule has 1 atom stereocenters. The number of carbonyl (C=O) groups excluding carboxylic acids is 2. The van der Waals surface area contributed by atoms with E-state index < -0.39 is 23.8 Å². The lowest BCUT2D eigenvalue weighted by Gasteiger charge is -2.17. The van der Waals surface area contributed by atoms with Crippen LogP contribution in [0.1, 0.15) is 23.7 Å². The van der Waals surface area contributed by atoms with E-state index in [2.05, 4.69) is 15.6 Å². The summed E-state index contributed by atoms with van der Waals surface area (Å²) < 4.78 is 13.8. The Morgan fingerprint density at radius 1 is 1.41 bits per heavy atom. The standard InChI is InChI=1S/C14H15FN4O2S/c1-8-7-22-14(17-8)19-12(20)6-11(18-13(16)21)9-4-2-3-5-10(9)15/h2-5,7,11H,6H2,1H3,(H3,16,18,21)(H,17,19,20). The molecular weight excluding hydrogens is 307 g/mol. The molecule has 0 bridgehead atoms. The fourth-order valence-electron chi connectivity index (χ4n) is 1.94. The second-order valence-corrected chi connectivity index (χ2v) is 5.49. The Morgan fingerprint density at radius 2 is 2.14 bits per heavy atom. The van der Waals surface area contributed by atoms with Gasteiger partial charge in [0.05, 0.1) is 18.2 Å². The van der Waals surface area contributed by atoms with Crippen LogP contribution in [-0.4, -0.2) is 16.9 Å². The molecule has 22 heavy (non-hydrogen) atoms. The smallest absolute Gasteiger partial charge is 0.312 e. The Balaban J connectivity index is 2.11. The lowest BCUT2D eigenvalue weighted by Crippen LogP contribution is -2.35. The van der Waals surface area contributed by atoms with Crippen LogP contribution in [0.25, 0.3) is 0 Å². The van der Waals surface area contributed by atoms with E-state index in [0.717, 1.165) is 5.69 Å². The van der Waals surface area contributed by atoms with Crippen molar-refractivity contribution in [1.82, 2.24) is 10.3 Å². The minimum Gasteiger partial charge on any atom is -0.352 e. The predicted molar refractivity (Wildman–Crippen MR) is 82.0 cm³/mol. The van der Waals surface area contributed by atoms with Gasteiger partial charge in [0.25, 0.3) is 0 Å². The average molecular weight is 322 g/mol. The first kappa shape index (κ1) is 15.9. The van der Waals surface area contributed by atoms with Crippen molar-refractivity contribution in [3.63, 3.8) is 0 Å². The quantitative estimate of drug-likeness (QED) is 0.788. The van der Waals surface area contributed by atoms with Crippen LogP contribution in [-0.2, 0) is 4.79 Å². The molecule has 0 saturated heterocycles. The molecule has 2 rings (SSSR count). The number of thiazole rings is 1. The highest BCUT2D eigenvalue weighted by Crippen LogP contribution is 2.21. The van der Waals surface area contributed by atoms with Gasteiger partial charge in [-0.15, -0.1) is 11.3 Å². The predicted octanol–water partition coefficient (Wildman–Crippen LogP) is 2.33. The maximum Gasteiger partial charge on any atom is 0.312 e. The summed E-state index contributed by atoms with van der Waals surface area (Å²) in [7, 11) is 0. The van der Waals surface area contributed by atoms with Crippen LogP contribution >= 0.6 is 11.3 Å². The van der Waals surface area contributed by atoms with Gasteiger partial charge in [0.2, 0.25) is 5.91 Å². The average Bonchev–Trinajstić information content (AvgIpc) is 2.83. The Bertz CT molecular complexity index is 689. The summed E-state index contributed by atoms with van der Waals surface area (Å²) in [5.41, 5.74) is 6.09. The monoisotopic (exact) mass is 322 g/mol. The number of urea groups is 1. The van der Waals surface area contributed by atoms with E-state index in [1.165, 1.54) is 29.5 Å². The highest BCUT2D eigenvalue weighted by Gasteiger charge is 2.20. The molecule has 4 N–H and O–H groups in total. The largest absolute Gasteiger partial charge is 0.352 e. The number of nitrogens with zero attached hydrogens (tertiary/aromatic N) is 1. The van der Waals surface area contributed by atoms with Crippen LogP contribution in [0.3, 0.4) is 0 Å². The lowest BCUT2D eigenvalue weighted by atomic mass is 10.0. The van der Waals surface area contributed by atoms with Gasteiger partial charge in [0.1, 0.15) is 5.82 Å². The third-order valence-electron chi connectivity index (χ3n) is 2.85. The number of hydrogen-bond acceptors (Lipinski definition) is 4. The van der Waals surface area contributed by atoms with Gasteiger partial charge in [0.15, 0.2) is 5.13 Å². The molecular formula is C14H15FN4O2S. The number of amides is 3. The number of primary amides is 1. The van der Waals surface area contributed by atoms with Crippen molar-refractivity contribution >= 4 is 28.4 Å². The third kappa shape index (κ3) is 4.26. The minimum absolute atomic E-state index is 0.150. The number of benzene rings is 1. The third-order valence-corrected chi connectivity index (χ3v) is 3.73. The molecule has 0 fully saturated rings. The maximum atomic E-state index is 13.8. The van der Waals surface area contributed by atoms with E-state index in [1.54, 1.807) is 11.4 Å². The summed E-state index contributed by atoms with van der Waals surface area (Å²) in [6.07, 6.45) is -0.150. The molecule has 3 amide bonds. The molecule has 1 heterocycles. The zero-order chi connectivity index (χ0) is 16.1. The number of rotatable bonds is 5. The van der Waals surface area contributed by atoms with Gasteiger partial charge in [-0.25, -0.2) is 14.2 Å². The molecule has 1 aromatic carbocycles. The molecule has 1 unspecified atom stereocenters. The number of halogens is 1. The number of aromatic nitrogens is 1. The van der Waals surface area contributed by atoms with Crippen LogP contribution in [0.2, 0.25) is 0 Å². The van der Waals surface area contributed by atoms with Gasteiger partial charge in [-0.3, -0.25) is 4.79 Å². The van der Waals surface area contributed by atoms with E-state index in [1.807, 2.05) is 6.92 Å². The summed E-state index contributed by atoms with van der Waals surface area (Å²) in [6.45, 7) is 1.81. The molecule has 0 aliphatic rings. The molecule has 1 aromatic heterocycles. The van der Waals surface area contributed by atoms with Crippen LogP contribution in [0, 0.1) is 12.7 Å². The molecule has 0 aliphatic carbocycles. The minimum atomic E-state index is -0.847. The van der Waals surface area contributed by atoms with Gasteiger partial charge < -0.3 is 16.4 Å². The fraction of sp³-hybridized carbons (Fsp3) is 0.214. The van der Waals surface area contributed by atoms with Crippen molar-refractivity contribution in [3.05, 3.63) is 46.7 Å². The number of aryl methyl sites for hydroxylation is 1. The summed E-state index contributed by atoms with van der Waals surface area (Å²) in [4.78, 5) is 27.2. The molecule has 2 aromatic rings. The van der Waals surface area contributed by atoms with Crippen LogP contribution in [0.15, 0.2) is 29.6 Å². The van der Waals surface area contributed by atoms with E-state index >= 15 is 0 Å². The summed E-state index contributed by atoms with van der Waals surface area (Å²) in [6, 6.07) is 4.23. The zero-order valence-corrected chi connectivity index (χ0v) is 12.6. The highest BCUT2D eigenvalue weighted by atomic mass is 32.1. The number of nitrogens with one attached hydrogen (secondary N) is 2. The van der Waals surface area contributed by atoms with Crippen molar-refractivity contribution in [2.24, 2.45) is 5.73 Å². The zero-order valence-electron chi connectivity index (χ0n) is 11.8. The molecule has 8 heteroatoms. The molecule has 0 radical (unpaired) electrons. The number of hydrogen-bond donors (Lipinski definition) is 3. The molecule has 0 aliphatic heterocycles. The maximum absolute atomic E-state index is 13.8. The van der Waals surface area contributed by atoms with Crippen molar-refractivity contribution in [1.29, 1.82) is 0 Å². The van der Waals surface area contributed by atoms with Crippen molar-refractivity contribution < 1.29 is 14.0 Å². The summed E-state index contributed by atoms with van der Waals surface area (Å²) >= 11 is 1.29. The van der Waals surface area contributed by atoms with E-state index in [0.29, 0.717) is 5.13 Å². The number of anilines is 1. The van der Waals surface area contributed by atoms with Crippen LogP contribution in [0.4, 0.5) is 14.3 Å². The molecule has 6 nitrogen and oxygen atoms in total. The molecule has 116 valence electrons. The Kier molecular flexibility index (Phi) is 5.05. The topological polar surface area (TPSA) is 97.1 Å². The number of nitrogens with two attached hydrogens (primary N) is 1. The van der Waals surface area contributed by atoms with Crippen LogP contribution < -0.4 is 16.4 Å². The normalized spacial score (nSPS) is 11.7. The Hall–Kier alpha value is -2.48. The van der Waals surface area contributed by atoms with E-state index in [-0.39, 0.29) is 12.0 Å². The van der Waals surface area contributed by atoms with Crippen molar-refractivity contribution in [3.8, 4) is 0 Å². The highest BCUT2D eigenvalue weighted by molar-refractivity contribution is 7.13. The van der Waals surface area contributed by atoms with Gasteiger partial charge in [-0.2, -0.15) is 0 Å². The Labute approximate surface area is 130 Å². The summed E-state index contributed by atoms with van der Waals surface area (Å²) in [5.74, 6) is -0.907. The first-order valence-electron chi connectivity index (χ1n) is 6.48. The number of carbonyl (C=O) groups is 2. The Morgan fingerprint density at radius 3 is 2.73 bits per heavy atom. The summed E-state index contributed by atoms with van der Waals surface area (Å²) in [5, 5.41) is 7.24.